The number of carbonyl (C=O) groups excluding carboxylic acids is 2. The molecule has 4 rings (SSSR count). The molecule has 33 heavy (non-hydrogen) atoms. The first-order valence-corrected chi connectivity index (χ1v) is 11.2. The molecule has 0 bridgehead atoms. The Morgan fingerprint density at radius 3 is 2.70 bits per heavy atom. The largest absolute Gasteiger partial charge is 0.363 e. The zero-order valence-electron chi connectivity index (χ0n) is 19.7. The van der Waals surface area contributed by atoms with Crippen LogP contribution in [-0.2, 0) is 11.3 Å². The van der Waals surface area contributed by atoms with E-state index in [0.29, 0.717) is 25.2 Å². The lowest BCUT2D eigenvalue weighted by molar-refractivity contribution is -0.128. The molecule has 8 nitrogen and oxygen atoms in total. The summed E-state index contributed by atoms with van der Waals surface area (Å²) in [6.45, 7) is 3.26. The van der Waals surface area contributed by atoms with E-state index in [4.69, 9.17) is 9.97 Å². The number of carbonyl (C=O) groups is 2. The van der Waals surface area contributed by atoms with Gasteiger partial charge in [0, 0.05) is 70.3 Å². The van der Waals surface area contributed by atoms with Gasteiger partial charge in [0.2, 0.25) is 5.91 Å². The molecule has 1 fully saturated rings. The van der Waals surface area contributed by atoms with E-state index >= 15 is 0 Å². The predicted molar refractivity (Wildman–Crippen MR) is 128 cm³/mol. The number of amides is 2. The SMILES string of the molecule is CC(=O)N(C)Cc1cc(N(C)C)nc(C2CCCN(C(=O)c3ccc4ncccc4c3)C2)n1. The Morgan fingerprint density at radius 1 is 1.12 bits per heavy atom. The van der Waals surface area contributed by atoms with Gasteiger partial charge in [-0.05, 0) is 37.1 Å². The van der Waals surface area contributed by atoms with E-state index in [0.717, 1.165) is 41.1 Å². The molecular weight excluding hydrogens is 416 g/mol. The van der Waals surface area contributed by atoms with Crippen LogP contribution in [-0.4, -0.2) is 70.8 Å². The first kappa shape index (κ1) is 22.6. The smallest absolute Gasteiger partial charge is 0.253 e. The van der Waals surface area contributed by atoms with Crippen LogP contribution < -0.4 is 4.90 Å². The van der Waals surface area contributed by atoms with Gasteiger partial charge in [0.1, 0.15) is 11.6 Å². The lowest BCUT2D eigenvalue weighted by Gasteiger charge is -2.32. The normalized spacial score (nSPS) is 16.0. The molecule has 3 aromatic rings. The number of hydrogen-bond donors (Lipinski definition) is 0. The maximum Gasteiger partial charge on any atom is 0.253 e. The summed E-state index contributed by atoms with van der Waals surface area (Å²) < 4.78 is 0. The summed E-state index contributed by atoms with van der Waals surface area (Å²) in [5, 5.41) is 0.957. The maximum atomic E-state index is 13.3. The summed E-state index contributed by atoms with van der Waals surface area (Å²) in [6, 6.07) is 11.4. The van der Waals surface area contributed by atoms with E-state index in [1.165, 1.54) is 0 Å². The predicted octanol–water partition coefficient (Wildman–Crippen LogP) is 3.09. The molecule has 0 N–H and O–H groups in total. The second-order valence-corrected chi connectivity index (χ2v) is 8.85. The van der Waals surface area contributed by atoms with Gasteiger partial charge in [-0.1, -0.05) is 6.07 Å². The summed E-state index contributed by atoms with van der Waals surface area (Å²) in [5.41, 5.74) is 2.34. The molecule has 8 heteroatoms. The van der Waals surface area contributed by atoms with Gasteiger partial charge in [0.05, 0.1) is 17.8 Å². The number of piperidine rings is 1. The number of likely N-dealkylation sites (tertiary alicyclic amines) is 1. The van der Waals surface area contributed by atoms with Gasteiger partial charge in [-0.3, -0.25) is 14.6 Å². The highest BCUT2D eigenvalue weighted by Gasteiger charge is 2.28. The Kier molecular flexibility index (Phi) is 6.53. The Labute approximate surface area is 194 Å². The van der Waals surface area contributed by atoms with Crippen molar-refractivity contribution in [1.29, 1.82) is 0 Å². The Morgan fingerprint density at radius 2 is 1.94 bits per heavy atom. The minimum Gasteiger partial charge on any atom is -0.363 e. The number of pyridine rings is 1. The van der Waals surface area contributed by atoms with E-state index in [-0.39, 0.29) is 17.7 Å². The summed E-state index contributed by atoms with van der Waals surface area (Å²) >= 11 is 0. The third-order valence-corrected chi connectivity index (χ3v) is 6.10. The van der Waals surface area contributed by atoms with Gasteiger partial charge in [-0.15, -0.1) is 0 Å². The van der Waals surface area contributed by atoms with Crippen LogP contribution in [0, 0.1) is 0 Å². The fraction of sp³-hybridized carbons (Fsp3) is 0.400. The van der Waals surface area contributed by atoms with Gasteiger partial charge >= 0.3 is 0 Å². The van der Waals surface area contributed by atoms with Crippen molar-refractivity contribution in [2.45, 2.75) is 32.2 Å². The first-order chi connectivity index (χ1) is 15.8. The first-order valence-electron chi connectivity index (χ1n) is 11.2. The van der Waals surface area contributed by atoms with E-state index in [1.54, 1.807) is 25.1 Å². The number of benzene rings is 1. The molecule has 0 radical (unpaired) electrons. The van der Waals surface area contributed by atoms with Crippen molar-refractivity contribution in [3.63, 3.8) is 0 Å². The van der Waals surface area contributed by atoms with E-state index in [2.05, 4.69) is 4.98 Å². The van der Waals surface area contributed by atoms with Crippen LogP contribution in [0.3, 0.4) is 0 Å². The van der Waals surface area contributed by atoms with Gasteiger partial charge in [0.15, 0.2) is 0 Å². The van der Waals surface area contributed by atoms with Gasteiger partial charge in [-0.25, -0.2) is 9.97 Å². The molecule has 1 atom stereocenters. The van der Waals surface area contributed by atoms with Crippen LogP contribution in [0.15, 0.2) is 42.6 Å². The second-order valence-electron chi connectivity index (χ2n) is 8.85. The lowest BCUT2D eigenvalue weighted by atomic mass is 9.96. The van der Waals surface area contributed by atoms with Crippen molar-refractivity contribution in [3.05, 3.63) is 59.7 Å². The number of hydrogen-bond acceptors (Lipinski definition) is 6. The average Bonchev–Trinajstić information content (AvgIpc) is 2.83. The Bertz CT molecular complexity index is 1180. The van der Waals surface area contributed by atoms with Crippen LogP contribution in [0.1, 0.15) is 47.6 Å². The average molecular weight is 447 g/mol. The van der Waals surface area contributed by atoms with Crippen molar-refractivity contribution in [1.82, 2.24) is 24.8 Å². The molecule has 2 aromatic heterocycles. The third kappa shape index (κ3) is 5.10. The molecule has 1 saturated heterocycles. The highest BCUT2D eigenvalue weighted by atomic mass is 16.2. The molecule has 1 aliphatic heterocycles. The molecule has 172 valence electrons. The van der Waals surface area contributed by atoms with Gasteiger partial charge < -0.3 is 14.7 Å². The zero-order chi connectivity index (χ0) is 23.5. The van der Waals surface area contributed by atoms with Crippen molar-refractivity contribution >= 4 is 28.5 Å². The highest BCUT2D eigenvalue weighted by molar-refractivity contribution is 5.98. The Hall–Kier alpha value is -3.55. The van der Waals surface area contributed by atoms with Crippen LogP contribution in [0.2, 0.25) is 0 Å². The molecule has 1 aromatic carbocycles. The van der Waals surface area contributed by atoms with Gasteiger partial charge in [0.25, 0.3) is 5.91 Å². The summed E-state index contributed by atoms with van der Waals surface area (Å²) in [4.78, 5) is 44.4. The lowest BCUT2D eigenvalue weighted by Crippen LogP contribution is -2.39. The van der Waals surface area contributed by atoms with E-state index in [9.17, 15) is 9.59 Å². The van der Waals surface area contributed by atoms with Gasteiger partial charge in [-0.2, -0.15) is 0 Å². The standard InChI is InChI=1S/C25H30N6O2/c1-17(32)30(4)16-21-14-23(29(2)3)28-24(27-21)20-8-6-12-31(15-20)25(33)19-9-10-22-18(13-19)7-5-11-26-22/h5,7,9-11,13-14,20H,6,8,12,15-16H2,1-4H3. The topological polar surface area (TPSA) is 82.5 Å². The van der Waals surface area contributed by atoms with Crippen molar-refractivity contribution in [3.8, 4) is 0 Å². The van der Waals surface area contributed by atoms with E-state index < -0.39 is 0 Å². The number of fused-ring (bicyclic) bond motifs is 1. The highest BCUT2D eigenvalue weighted by Crippen LogP contribution is 2.28. The maximum absolute atomic E-state index is 13.3. The Balaban J connectivity index is 1.57. The molecule has 0 saturated carbocycles. The quantitative estimate of drug-likeness (QED) is 0.599. The van der Waals surface area contributed by atoms with Crippen molar-refractivity contribution < 1.29 is 9.59 Å². The third-order valence-electron chi connectivity index (χ3n) is 6.10. The van der Waals surface area contributed by atoms with Crippen LogP contribution in [0.4, 0.5) is 5.82 Å². The van der Waals surface area contributed by atoms with Crippen LogP contribution in [0.25, 0.3) is 10.9 Å². The minimum absolute atomic E-state index is 0.0124. The molecule has 0 spiro atoms. The molecule has 0 aliphatic carbocycles. The van der Waals surface area contributed by atoms with Crippen molar-refractivity contribution in [2.75, 3.05) is 39.1 Å². The van der Waals surface area contributed by atoms with E-state index in [1.807, 2.05) is 60.3 Å². The number of rotatable bonds is 5. The number of nitrogens with zero attached hydrogens (tertiary/aromatic N) is 6. The number of anilines is 1. The second kappa shape index (κ2) is 9.52. The summed E-state index contributed by atoms with van der Waals surface area (Å²) in [6.07, 6.45) is 3.57. The van der Waals surface area contributed by atoms with Crippen molar-refractivity contribution in [2.24, 2.45) is 0 Å². The van der Waals surface area contributed by atoms with Crippen LogP contribution in [0.5, 0.6) is 0 Å². The summed E-state index contributed by atoms with van der Waals surface area (Å²) in [5.74, 6) is 1.59. The fourth-order valence-corrected chi connectivity index (χ4v) is 4.11. The molecule has 1 unspecified atom stereocenters. The van der Waals surface area contributed by atoms with Crippen LogP contribution >= 0.6 is 0 Å². The molecule has 2 amide bonds. The zero-order valence-corrected chi connectivity index (χ0v) is 19.7. The molecule has 3 heterocycles. The fourth-order valence-electron chi connectivity index (χ4n) is 4.11. The molecule has 1 aliphatic rings. The molecular formula is C25H30N6O2. The minimum atomic E-state index is -0.0124. The summed E-state index contributed by atoms with van der Waals surface area (Å²) in [7, 11) is 5.64. The number of aromatic nitrogens is 3. The monoisotopic (exact) mass is 446 g/mol.